The fourth-order valence-electron chi connectivity index (χ4n) is 2.23. The minimum atomic E-state index is 0.278. The maximum atomic E-state index is 9.35. The van der Waals surface area contributed by atoms with E-state index in [1.165, 1.54) is 0 Å². The number of hydrogen-bond acceptors (Lipinski definition) is 4. The highest BCUT2D eigenvalue weighted by atomic mass is 14.9. The van der Waals surface area contributed by atoms with Gasteiger partial charge in [0.15, 0.2) is 0 Å². The Morgan fingerprint density at radius 3 is 2.74 bits per heavy atom. The lowest BCUT2D eigenvalue weighted by Gasteiger charge is -2.14. The summed E-state index contributed by atoms with van der Waals surface area (Å²) in [5.74, 6) is 0.278. The zero-order chi connectivity index (χ0) is 13.8. The summed E-state index contributed by atoms with van der Waals surface area (Å²) < 4.78 is 0. The van der Waals surface area contributed by atoms with E-state index >= 15 is 0 Å². The molecule has 0 saturated carbocycles. The van der Waals surface area contributed by atoms with Gasteiger partial charge in [-0.1, -0.05) is 19.4 Å². The van der Waals surface area contributed by atoms with Crippen molar-refractivity contribution in [3.05, 3.63) is 41.2 Å². The molecule has 2 rings (SSSR count). The lowest BCUT2D eigenvalue weighted by Crippen LogP contribution is -2.06. The van der Waals surface area contributed by atoms with Crippen LogP contribution in [0.5, 0.6) is 0 Å². The Labute approximate surface area is 112 Å². The average Bonchev–Trinajstić information content (AvgIpc) is 2.42. The summed E-state index contributed by atoms with van der Waals surface area (Å²) in [5.41, 5.74) is 9.84. The molecule has 0 atom stereocenters. The molecule has 4 heteroatoms. The maximum Gasteiger partial charge on any atom is 0.142 e. The van der Waals surface area contributed by atoms with Crippen LogP contribution in [0, 0.1) is 18.3 Å². The number of nitrogens with two attached hydrogens (primary N) is 1. The van der Waals surface area contributed by atoms with Crippen LogP contribution in [0.3, 0.4) is 0 Å². The van der Waals surface area contributed by atoms with Gasteiger partial charge in [0.25, 0.3) is 0 Å². The van der Waals surface area contributed by atoms with E-state index in [0.717, 1.165) is 35.4 Å². The third-order valence-corrected chi connectivity index (χ3v) is 3.07. The van der Waals surface area contributed by atoms with Gasteiger partial charge in [0.05, 0.1) is 5.69 Å². The number of hydrogen-bond donors (Lipinski definition) is 1. The number of pyridine rings is 2. The van der Waals surface area contributed by atoms with Crippen LogP contribution in [-0.4, -0.2) is 9.97 Å². The van der Waals surface area contributed by atoms with Crippen LogP contribution in [0.2, 0.25) is 0 Å². The highest BCUT2D eigenvalue weighted by Gasteiger charge is 2.18. The van der Waals surface area contributed by atoms with Crippen LogP contribution in [0.25, 0.3) is 11.3 Å². The van der Waals surface area contributed by atoms with Crippen LogP contribution in [-0.2, 0) is 6.42 Å². The van der Waals surface area contributed by atoms with Gasteiger partial charge >= 0.3 is 0 Å². The van der Waals surface area contributed by atoms with Gasteiger partial charge in [-0.3, -0.25) is 4.98 Å². The van der Waals surface area contributed by atoms with Gasteiger partial charge in [-0.05, 0) is 31.0 Å². The van der Waals surface area contributed by atoms with Crippen molar-refractivity contribution in [3.8, 4) is 17.3 Å². The average molecular weight is 252 g/mol. The van der Waals surface area contributed by atoms with Gasteiger partial charge < -0.3 is 5.73 Å². The van der Waals surface area contributed by atoms with E-state index in [4.69, 9.17) is 5.73 Å². The predicted octanol–water partition coefficient (Wildman–Crippen LogP) is 2.86. The molecule has 0 aliphatic heterocycles. The molecule has 0 aliphatic carbocycles. The summed E-state index contributed by atoms with van der Waals surface area (Å²) in [6, 6.07) is 7.82. The summed E-state index contributed by atoms with van der Waals surface area (Å²) >= 11 is 0. The molecule has 2 heterocycles. The van der Waals surface area contributed by atoms with Crippen molar-refractivity contribution in [2.75, 3.05) is 5.73 Å². The molecule has 0 amide bonds. The number of aromatic nitrogens is 2. The van der Waals surface area contributed by atoms with Crippen LogP contribution in [0.4, 0.5) is 5.82 Å². The second kappa shape index (κ2) is 5.49. The van der Waals surface area contributed by atoms with E-state index in [-0.39, 0.29) is 5.82 Å². The predicted molar refractivity (Wildman–Crippen MR) is 75.3 cm³/mol. The van der Waals surface area contributed by atoms with Crippen LogP contribution < -0.4 is 5.73 Å². The number of aryl methyl sites for hydroxylation is 1. The first kappa shape index (κ1) is 13.0. The molecular formula is C15H16N4. The van der Waals surface area contributed by atoms with Crippen molar-refractivity contribution in [2.45, 2.75) is 26.7 Å². The fraction of sp³-hybridized carbons (Fsp3) is 0.267. The highest BCUT2D eigenvalue weighted by molar-refractivity contribution is 5.76. The van der Waals surface area contributed by atoms with Crippen molar-refractivity contribution in [1.29, 1.82) is 5.26 Å². The molecule has 0 unspecified atom stereocenters. The molecule has 0 fully saturated rings. The number of rotatable bonds is 3. The number of nitriles is 1. The number of nitrogen functional groups attached to an aromatic ring is 1. The van der Waals surface area contributed by atoms with Crippen molar-refractivity contribution < 1.29 is 0 Å². The molecule has 0 spiro atoms. The molecule has 4 nitrogen and oxygen atoms in total. The minimum Gasteiger partial charge on any atom is -0.383 e. The molecule has 19 heavy (non-hydrogen) atoms. The molecule has 0 saturated heterocycles. The summed E-state index contributed by atoms with van der Waals surface area (Å²) in [4.78, 5) is 8.62. The fourth-order valence-corrected chi connectivity index (χ4v) is 2.23. The van der Waals surface area contributed by atoms with Gasteiger partial charge in [0.1, 0.15) is 17.5 Å². The standard InChI is InChI=1S/C15H16N4/c1-3-6-11-10(2)19-15(17)12(9-16)14(11)13-7-4-5-8-18-13/h4-5,7-8H,3,6H2,1-2H3,(H2,17,19). The SMILES string of the molecule is CCCc1c(C)nc(N)c(C#N)c1-c1ccccn1. The van der Waals surface area contributed by atoms with Gasteiger partial charge in [-0.15, -0.1) is 0 Å². The third-order valence-electron chi connectivity index (χ3n) is 3.07. The molecule has 0 aliphatic rings. The molecule has 0 aromatic carbocycles. The Hall–Kier alpha value is -2.41. The van der Waals surface area contributed by atoms with Crippen molar-refractivity contribution in [3.63, 3.8) is 0 Å². The molecule has 2 aromatic rings. The van der Waals surface area contributed by atoms with Crippen LogP contribution in [0.15, 0.2) is 24.4 Å². The van der Waals surface area contributed by atoms with E-state index < -0.39 is 0 Å². The summed E-state index contributed by atoms with van der Waals surface area (Å²) in [6.45, 7) is 4.03. The van der Waals surface area contributed by atoms with Gasteiger partial charge in [-0.25, -0.2) is 4.98 Å². The van der Waals surface area contributed by atoms with E-state index in [9.17, 15) is 5.26 Å². The van der Waals surface area contributed by atoms with Gasteiger partial charge in [-0.2, -0.15) is 5.26 Å². The normalized spacial score (nSPS) is 10.2. The van der Waals surface area contributed by atoms with Crippen LogP contribution in [0.1, 0.15) is 30.2 Å². The Balaban J connectivity index is 2.78. The Morgan fingerprint density at radius 2 is 2.16 bits per heavy atom. The molecule has 0 bridgehead atoms. The first-order valence-corrected chi connectivity index (χ1v) is 6.29. The maximum absolute atomic E-state index is 9.35. The van der Waals surface area contributed by atoms with Crippen molar-refractivity contribution >= 4 is 5.82 Å². The smallest absolute Gasteiger partial charge is 0.142 e. The summed E-state index contributed by atoms with van der Waals surface area (Å²) in [7, 11) is 0. The summed E-state index contributed by atoms with van der Waals surface area (Å²) in [6.07, 6.45) is 3.56. The lowest BCUT2D eigenvalue weighted by atomic mass is 9.95. The van der Waals surface area contributed by atoms with Gasteiger partial charge in [0, 0.05) is 17.5 Å². The van der Waals surface area contributed by atoms with Crippen molar-refractivity contribution in [2.24, 2.45) is 0 Å². The van der Waals surface area contributed by atoms with Crippen molar-refractivity contribution in [1.82, 2.24) is 9.97 Å². The topological polar surface area (TPSA) is 75.6 Å². The Kier molecular flexibility index (Phi) is 3.76. The zero-order valence-electron chi connectivity index (χ0n) is 11.1. The van der Waals surface area contributed by atoms with E-state index in [1.54, 1.807) is 6.20 Å². The molecular weight excluding hydrogens is 236 g/mol. The monoisotopic (exact) mass is 252 g/mol. The first-order chi connectivity index (χ1) is 9.19. The Bertz CT molecular complexity index is 627. The number of anilines is 1. The zero-order valence-corrected chi connectivity index (χ0v) is 11.1. The highest BCUT2D eigenvalue weighted by Crippen LogP contribution is 2.31. The van der Waals surface area contributed by atoms with E-state index in [2.05, 4.69) is 23.0 Å². The van der Waals surface area contributed by atoms with E-state index in [0.29, 0.717) is 5.56 Å². The second-order valence-electron chi connectivity index (χ2n) is 4.39. The van der Waals surface area contributed by atoms with Gasteiger partial charge in [0.2, 0.25) is 0 Å². The second-order valence-corrected chi connectivity index (χ2v) is 4.39. The third kappa shape index (κ3) is 2.41. The molecule has 0 radical (unpaired) electrons. The quantitative estimate of drug-likeness (QED) is 0.911. The van der Waals surface area contributed by atoms with Crippen LogP contribution >= 0.6 is 0 Å². The number of nitrogens with zero attached hydrogens (tertiary/aromatic N) is 3. The molecule has 2 aromatic heterocycles. The van der Waals surface area contributed by atoms with E-state index in [1.807, 2.05) is 25.1 Å². The minimum absolute atomic E-state index is 0.278. The largest absolute Gasteiger partial charge is 0.383 e. The lowest BCUT2D eigenvalue weighted by molar-refractivity contribution is 0.899. The Morgan fingerprint density at radius 1 is 1.37 bits per heavy atom. The molecule has 2 N–H and O–H groups in total. The molecule has 96 valence electrons. The first-order valence-electron chi connectivity index (χ1n) is 6.29. The summed E-state index contributed by atoms with van der Waals surface area (Å²) in [5, 5.41) is 9.35.